The van der Waals surface area contributed by atoms with Gasteiger partial charge in [-0.3, -0.25) is 9.59 Å². The fraction of sp³-hybridized carbons (Fsp3) is 0.355. The topological polar surface area (TPSA) is 49.4 Å². The molecule has 1 aliphatic carbocycles. The first kappa shape index (κ1) is 27.2. The molecule has 4 nitrogen and oxygen atoms in total. The Balaban J connectivity index is 1.68. The number of amides is 2. The Morgan fingerprint density at radius 2 is 1.62 bits per heavy atom. The highest BCUT2D eigenvalue weighted by atomic mass is 35.5. The molecule has 6 heteroatoms. The number of nitrogens with zero attached hydrogens (tertiary/aromatic N) is 1. The number of benzene rings is 3. The molecule has 4 rings (SSSR count). The molecule has 194 valence electrons. The number of rotatable bonds is 9. The van der Waals surface area contributed by atoms with Crippen LogP contribution in [0.2, 0.25) is 10.0 Å². The number of nitrogens with one attached hydrogen (secondary N) is 1. The van der Waals surface area contributed by atoms with Crippen molar-refractivity contribution in [2.75, 3.05) is 0 Å². The highest BCUT2D eigenvalue weighted by Gasteiger charge is 2.32. The van der Waals surface area contributed by atoms with E-state index in [2.05, 4.69) is 5.32 Å². The van der Waals surface area contributed by atoms with Crippen molar-refractivity contribution < 1.29 is 9.59 Å². The Bertz CT molecular complexity index is 1210. The average Bonchev–Trinajstić information content (AvgIpc) is 2.90. The van der Waals surface area contributed by atoms with Crippen LogP contribution in [0.15, 0.2) is 72.8 Å². The first-order valence-corrected chi connectivity index (χ1v) is 13.8. The Kier molecular flexibility index (Phi) is 9.65. The van der Waals surface area contributed by atoms with Gasteiger partial charge in [-0.15, -0.1) is 0 Å². The standard InChI is InChI=1S/C31H34Cl2N2O2/c1-22-10-8-9-13-25(22)21-35(30(36)19-24-16-17-26(32)20-28(24)33)29(18-23-11-4-2-5-12-23)31(37)34-27-14-6-3-7-15-27/h2,4-5,8-13,16-17,20,27,29H,3,6-7,14-15,18-19,21H2,1H3,(H,34,37)/t29-/m0/s1. The molecular weight excluding hydrogens is 503 g/mol. The molecule has 1 atom stereocenters. The highest BCUT2D eigenvalue weighted by Crippen LogP contribution is 2.24. The summed E-state index contributed by atoms with van der Waals surface area (Å²) in [6.45, 7) is 2.37. The van der Waals surface area contributed by atoms with Gasteiger partial charge in [0.05, 0.1) is 6.42 Å². The van der Waals surface area contributed by atoms with Gasteiger partial charge in [-0.05, 0) is 54.2 Å². The predicted octanol–water partition coefficient (Wildman–Crippen LogP) is 6.93. The minimum Gasteiger partial charge on any atom is -0.352 e. The molecule has 1 N–H and O–H groups in total. The molecule has 0 heterocycles. The third-order valence-electron chi connectivity index (χ3n) is 7.18. The molecule has 0 aliphatic heterocycles. The maximum absolute atomic E-state index is 13.9. The van der Waals surface area contributed by atoms with Crippen LogP contribution in [0.1, 0.15) is 54.4 Å². The molecular formula is C31H34Cl2N2O2. The summed E-state index contributed by atoms with van der Waals surface area (Å²) >= 11 is 12.5. The zero-order valence-electron chi connectivity index (χ0n) is 21.3. The zero-order chi connectivity index (χ0) is 26.2. The summed E-state index contributed by atoms with van der Waals surface area (Å²) in [5.41, 5.74) is 3.80. The van der Waals surface area contributed by atoms with Crippen molar-refractivity contribution in [3.05, 3.63) is 105 Å². The van der Waals surface area contributed by atoms with E-state index in [1.54, 1.807) is 23.1 Å². The SMILES string of the molecule is Cc1ccccc1CN(C(=O)Cc1ccc(Cl)cc1Cl)[C@@H](Cc1ccccc1)C(=O)NC1CCCCC1. The van der Waals surface area contributed by atoms with Crippen LogP contribution in [0.5, 0.6) is 0 Å². The van der Waals surface area contributed by atoms with Gasteiger partial charge in [0.15, 0.2) is 0 Å². The van der Waals surface area contributed by atoms with Crippen molar-refractivity contribution in [2.45, 2.75) is 70.5 Å². The van der Waals surface area contributed by atoms with Crippen LogP contribution < -0.4 is 5.32 Å². The largest absolute Gasteiger partial charge is 0.352 e. The molecule has 2 amide bonds. The molecule has 3 aromatic rings. The summed E-state index contributed by atoms with van der Waals surface area (Å²) < 4.78 is 0. The van der Waals surface area contributed by atoms with Gasteiger partial charge in [0.2, 0.25) is 11.8 Å². The van der Waals surface area contributed by atoms with Crippen LogP contribution in [0.25, 0.3) is 0 Å². The quantitative estimate of drug-likeness (QED) is 0.322. The van der Waals surface area contributed by atoms with Gasteiger partial charge < -0.3 is 10.2 Å². The second-order valence-corrected chi connectivity index (χ2v) is 10.8. The molecule has 0 radical (unpaired) electrons. The first-order valence-electron chi connectivity index (χ1n) is 13.0. The van der Waals surface area contributed by atoms with Crippen molar-refractivity contribution in [1.82, 2.24) is 10.2 Å². The number of carbonyl (C=O) groups excluding carboxylic acids is 2. The van der Waals surface area contributed by atoms with E-state index in [0.29, 0.717) is 28.6 Å². The number of carbonyl (C=O) groups is 2. The highest BCUT2D eigenvalue weighted by molar-refractivity contribution is 6.35. The van der Waals surface area contributed by atoms with Crippen LogP contribution in [0, 0.1) is 6.92 Å². The summed E-state index contributed by atoms with van der Waals surface area (Å²) in [5.74, 6) is -0.243. The average molecular weight is 538 g/mol. The van der Waals surface area contributed by atoms with Crippen LogP contribution in [-0.2, 0) is 29.0 Å². The van der Waals surface area contributed by atoms with E-state index in [1.807, 2.05) is 61.5 Å². The van der Waals surface area contributed by atoms with Crippen molar-refractivity contribution in [3.8, 4) is 0 Å². The molecule has 3 aromatic carbocycles. The Hall–Kier alpha value is -2.82. The second-order valence-electron chi connectivity index (χ2n) is 9.91. The van der Waals surface area contributed by atoms with Crippen molar-refractivity contribution in [1.29, 1.82) is 0 Å². The summed E-state index contributed by atoms with van der Waals surface area (Å²) in [7, 11) is 0. The number of hydrogen-bond donors (Lipinski definition) is 1. The Labute approximate surface area is 230 Å². The normalized spacial score (nSPS) is 14.7. The Morgan fingerprint density at radius 1 is 0.919 bits per heavy atom. The minimum absolute atomic E-state index is 0.0872. The van der Waals surface area contributed by atoms with E-state index in [0.717, 1.165) is 42.4 Å². The van der Waals surface area contributed by atoms with Gasteiger partial charge in [0, 0.05) is 29.1 Å². The Morgan fingerprint density at radius 3 is 2.32 bits per heavy atom. The molecule has 37 heavy (non-hydrogen) atoms. The van der Waals surface area contributed by atoms with Crippen molar-refractivity contribution in [2.24, 2.45) is 0 Å². The smallest absolute Gasteiger partial charge is 0.243 e. The molecule has 0 spiro atoms. The second kappa shape index (κ2) is 13.1. The van der Waals surface area contributed by atoms with E-state index in [-0.39, 0.29) is 24.3 Å². The van der Waals surface area contributed by atoms with Gasteiger partial charge >= 0.3 is 0 Å². The van der Waals surface area contributed by atoms with Gasteiger partial charge in [-0.25, -0.2) is 0 Å². The lowest BCUT2D eigenvalue weighted by atomic mass is 9.94. The summed E-state index contributed by atoms with van der Waals surface area (Å²) in [5, 5.41) is 4.25. The van der Waals surface area contributed by atoms with E-state index in [1.165, 1.54) is 6.42 Å². The van der Waals surface area contributed by atoms with E-state index in [4.69, 9.17) is 23.2 Å². The molecule has 0 aromatic heterocycles. The summed E-state index contributed by atoms with van der Waals surface area (Å²) in [4.78, 5) is 29.5. The van der Waals surface area contributed by atoms with Gasteiger partial charge in [0.1, 0.15) is 6.04 Å². The third-order valence-corrected chi connectivity index (χ3v) is 7.77. The fourth-order valence-electron chi connectivity index (χ4n) is 5.00. The maximum Gasteiger partial charge on any atom is 0.243 e. The molecule has 1 fully saturated rings. The van der Waals surface area contributed by atoms with E-state index < -0.39 is 6.04 Å². The number of halogens is 2. The van der Waals surface area contributed by atoms with Crippen LogP contribution >= 0.6 is 23.2 Å². The summed E-state index contributed by atoms with van der Waals surface area (Å²) in [6.07, 6.45) is 5.94. The minimum atomic E-state index is -0.650. The predicted molar refractivity (Wildman–Crippen MR) is 151 cm³/mol. The number of aryl methyl sites for hydroxylation is 1. The van der Waals surface area contributed by atoms with Crippen LogP contribution in [0.4, 0.5) is 0 Å². The van der Waals surface area contributed by atoms with Crippen molar-refractivity contribution >= 4 is 35.0 Å². The van der Waals surface area contributed by atoms with Crippen LogP contribution in [0.3, 0.4) is 0 Å². The fourth-order valence-corrected chi connectivity index (χ4v) is 5.47. The van der Waals surface area contributed by atoms with Gasteiger partial charge in [0.25, 0.3) is 0 Å². The molecule has 1 saturated carbocycles. The van der Waals surface area contributed by atoms with Crippen LogP contribution in [-0.4, -0.2) is 28.8 Å². The first-order chi connectivity index (χ1) is 17.9. The molecule has 0 saturated heterocycles. The van der Waals surface area contributed by atoms with E-state index >= 15 is 0 Å². The lowest BCUT2D eigenvalue weighted by Gasteiger charge is -2.34. The third kappa shape index (κ3) is 7.59. The van der Waals surface area contributed by atoms with E-state index in [9.17, 15) is 9.59 Å². The zero-order valence-corrected chi connectivity index (χ0v) is 22.8. The maximum atomic E-state index is 13.9. The molecule has 0 bridgehead atoms. The lowest BCUT2D eigenvalue weighted by molar-refractivity contribution is -0.141. The number of hydrogen-bond acceptors (Lipinski definition) is 2. The monoisotopic (exact) mass is 536 g/mol. The van der Waals surface area contributed by atoms with Crippen molar-refractivity contribution in [3.63, 3.8) is 0 Å². The van der Waals surface area contributed by atoms with Gasteiger partial charge in [-0.2, -0.15) is 0 Å². The summed E-state index contributed by atoms with van der Waals surface area (Å²) in [6, 6.07) is 22.6. The lowest BCUT2D eigenvalue weighted by Crippen LogP contribution is -2.53. The van der Waals surface area contributed by atoms with Gasteiger partial charge in [-0.1, -0.05) is 103 Å². The molecule has 0 unspecified atom stereocenters. The molecule has 1 aliphatic rings.